The second-order valence-corrected chi connectivity index (χ2v) is 6.20. The Morgan fingerprint density at radius 2 is 2.04 bits per heavy atom. The molecule has 1 saturated heterocycles. The molecule has 1 unspecified atom stereocenters. The molecule has 3 atom stereocenters. The van der Waals surface area contributed by atoms with Crippen LogP contribution in [-0.4, -0.2) is 80.8 Å². The number of nitrogens with zero attached hydrogens (tertiary/aromatic N) is 3. The number of carbonyl (C=O) groups is 2. The van der Waals surface area contributed by atoms with Crippen LogP contribution in [0.5, 0.6) is 0 Å². The molecule has 0 saturated carbocycles. The predicted octanol–water partition coefficient (Wildman–Crippen LogP) is -3.54. The summed E-state index contributed by atoms with van der Waals surface area (Å²) in [7, 11) is 0. The van der Waals surface area contributed by atoms with E-state index in [1.165, 1.54) is 4.90 Å². The van der Waals surface area contributed by atoms with Crippen molar-refractivity contribution >= 4 is 23.9 Å². The van der Waals surface area contributed by atoms with Gasteiger partial charge in [-0.1, -0.05) is 0 Å². The first-order valence-electron chi connectivity index (χ1n) is 7.72. The van der Waals surface area contributed by atoms with Gasteiger partial charge in [-0.15, -0.1) is 0 Å². The minimum Gasteiger partial charge on any atom is -0.481 e. The molecule has 0 amide bonds. The maximum Gasteiger partial charge on any atom is 0.306 e. The molecule has 0 bridgehead atoms. The van der Waals surface area contributed by atoms with E-state index >= 15 is 0 Å². The van der Waals surface area contributed by atoms with Crippen molar-refractivity contribution in [2.45, 2.75) is 42.8 Å². The molecule has 1 fully saturated rings. The Morgan fingerprint density at radius 3 is 2.72 bits per heavy atom. The fourth-order valence-corrected chi connectivity index (χ4v) is 3.52. The van der Waals surface area contributed by atoms with Gasteiger partial charge in [0.15, 0.2) is 17.6 Å². The second kappa shape index (κ2) is 5.74. The van der Waals surface area contributed by atoms with Crippen LogP contribution in [0.15, 0.2) is 9.98 Å². The minimum atomic E-state index is -2.17. The Bertz CT molecular complexity index is 663. The molecule has 0 radical (unpaired) electrons. The van der Waals surface area contributed by atoms with Gasteiger partial charge in [0.05, 0.1) is 12.8 Å². The summed E-state index contributed by atoms with van der Waals surface area (Å²) >= 11 is 0. The van der Waals surface area contributed by atoms with Crippen LogP contribution < -0.4 is 16.8 Å². The number of guanidine groups is 2. The lowest BCUT2D eigenvalue weighted by atomic mass is 9.87. The summed E-state index contributed by atoms with van der Waals surface area (Å²) in [5, 5.41) is 32.3. The molecule has 8 N–H and O–H groups in total. The molecule has 0 aromatic carbocycles. The number of carboxylic acids is 1. The van der Waals surface area contributed by atoms with Crippen LogP contribution in [0.2, 0.25) is 0 Å². The van der Waals surface area contributed by atoms with Crippen LogP contribution in [0.1, 0.15) is 19.3 Å². The maximum absolute atomic E-state index is 11.6. The van der Waals surface area contributed by atoms with Gasteiger partial charge in [0.2, 0.25) is 5.79 Å². The molecular formula is C13H20N6O6. The molecule has 12 heteroatoms. The van der Waals surface area contributed by atoms with Gasteiger partial charge in [-0.2, -0.15) is 0 Å². The van der Waals surface area contributed by atoms with Crippen LogP contribution in [0.4, 0.5) is 0 Å². The normalized spacial score (nSPS) is 32.2. The predicted molar refractivity (Wildman–Crippen MR) is 83.0 cm³/mol. The number of aliphatic carboxylic acids is 1. The van der Waals surface area contributed by atoms with Crippen molar-refractivity contribution in [3.63, 3.8) is 0 Å². The van der Waals surface area contributed by atoms with E-state index in [0.717, 1.165) is 0 Å². The molecule has 3 rings (SSSR count). The summed E-state index contributed by atoms with van der Waals surface area (Å²) in [6.07, 6.45) is -0.628. The number of esters is 1. The van der Waals surface area contributed by atoms with Crippen LogP contribution in [0, 0.1) is 0 Å². The topological polar surface area (TPSA) is 196 Å². The summed E-state index contributed by atoms with van der Waals surface area (Å²) in [5.41, 5.74) is 10.2. The van der Waals surface area contributed by atoms with Gasteiger partial charge in [0.25, 0.3) is 0 Å². The van der Waals surface area contributed by atoms with Gasteiger partial charge in [-0.25, -0.2) is 9.98 Å². The number of rotatable bonds is 5. The minimum absolute atomic E-state index is 0.000634. The quantitative estimate of drug-likeness (QED) is 0.212. The highest BCUT2D eigenvalue weighted by Gasteiger charge is 2.69. The number of aliphatic imine (C=N–C) groups is 2. The van der Waals surface area contributed by atoms with Crippen molar-refractivity contribution in [3.8, 4) is 0 Å². The number of nitrogens with one attached hydrogen (secondary N) is 1. The highest BCUT2D eigenvalue weighted by molar-refractivity contribution is 5.87. The maximum atomic E-state index is 11.6. The summed E-state index contributed by atoms with van der Waals surface area (Å²) < 4.78 is 5.05. The molecule has 0 aromatic rings. The number of ether oxygens (including phenoxy) is 1. The van der Waals surface area contributed by atoms with Gasteiger partial charge in [-0.05, 0) is 0 Å². The molecular weight excluding hydrogens is 336 g/mol. The summed E-state index contributed by atoms with van der Waals surface area (Å²) in [4.78, 5) is 32.0. The van der Waals surface area contributed by atoms with Crippen molar-refractivity contribution in [2.24, 2.45) is 21.5 Å². The highest BCUT2D eigenvalue weighted by Crippen LogP contribution is 2.44. The van der Waals surface area contributed by atoms with E-state index in [1.54, 1.807) is 0 Å². The third-order valence-corrected chi connectivity index (χ3v) is 4.64. The fourth-order valence-electron chi connectivity index (χ4n) is 3.52. The molecule has 0 aliphatic carbocycles. The van der Waals surface area contributed by atoms with Crippen molar-refractivity contribution in [2.75, 3.05) is 13.2 Å². The third-order valence-electron chi connectivity index (χ3n) is 4.64. The van der Waals surface area contributed by atoms with Gasteiger partial charge in [0.1, 0.15) is 18.7 Å². The average Bonchev–Trinajstić information content (AvgIpc) is 3.00. The lowest BCUT2D eigenvalue weighted by molar-refractivity contribution is -0.221. The van der Waals surface area contributed by atoms with E-state index < -0.39 is 35.5 Å². The Hall–Kier alpha value is -2.60. The van der Waals surface area contributed by atoms with E-state index in [0.29, 0.717) is 0 Å². The van der Waals surface area contributed by atoms with Gasteiger partial charge in [0, 0.05) is 13.0 Å². The summed E-state index contributed by atoms with van der Waals surface area (Å²) in [5.74, 6) is -3.95. The van der Waals surface area contributed by atoms with Crippen molar-refractivity contribution in [3.05, 3.63) is 0 Å². The van der Waals surface area contributed by atoms with Crippen LogP contribution in [0.25, 0.3) is 0 Å². The SMILES string of the molecule is NC1=N[C@H]2[C@H](COC(=O)CCC(=O)O)N=C(N)N3CCC(O)(O)C23N1. The number of carbonyl (C=O) groups excluding carboxylic acids is 1. The van der Waals surface area contributed by atoms with E-state index in [-0.39, 0.29) is 44.3 Å². The summed E-state index contributed by atoms with van der Waals surface area (Å²) in [6.45, 7) is -0.00625. The molecule has 12 nitrogen and oxygen atoms in total. The Labute approximate surface area is 142 Å². The van der Waals surface area contributed by atoms with Crippen LogP contribution >= 0.6 is 0 Å². The largest absolute Gasteiger partial charge is 0.481 e. The number of hydrogen-bond donors (Lipinski definition) is 6. The van der Waals surface area contributed by atoms with Crippen molar-refractivity contribution in [1.29, 1.82) is 0 Å². The van der Waals surface area contributed by atoms with E-state index in [4.69, 9.17) is 21.3 Å². The first kappa shape index (κ1) is 17.2. The first-order valence-corrected chi connectivity index (χ1v) is 7.72. The lowest BCUT2D eigenvalue weighted by Gasteiger charge is -2.48. The second-order valence-electron chi connectivity index (χ2n) is 6.20. The van der Waals surface area contributed by atoms with E-state index in [1.807, 2.05) is 0 Å². The molecule has 1 spiro atoms. The number of carboxylic acid groups (broad SMARTS) is 1. The zero-order valence-corrected chi connectivity index (χ0v) is 13.3. The van der Waals surface area contributed by atoms with Gasteiger partial charge >= 0.3 is 11.9 Å². The molecule has 3 heterocycles. The number of hydrogen-bond acceptors (Lipinski definition) is 11. The number of nitrogens with two attached hydrogens (primary N) is 2. The number of aliphatic hydroxyl groups is 2. The van der Waals surface area contributed by atoms with E-state index in [9.17, 15) is 19.8 Å². The monoisotopic (exact) mass is 356 g/mol. The van der Waals surface area contributed by atoms with Crippen molar-refractivity contribution < 1.29 is 29.6 Å². The molecule has 25 heavy (non-hydrogen) atoms. The van der Waals surface area contributed by atoms with Gasteiger partial charge in [-0.3, -0.25) is 9.59 Å². The zero-order chi connectivity index (χ0) is 18.4. The van der Waals surface area contributed by atoms with Crippen LogP contribution in [-0.2, 0) is 14.3 Å². The van der Waals surface area contributed by atoms with Gasteiger partial charge < -0.3 is 41.7 Å². The fraction of sp³-hybridized carbons (Fsp3) is 0.692. The van der Waals surface area contributed by atoms with E-state index in [2.05, 4.69) is 15.3 Å². The smallest absolute Gasteiger partial charge is 0.306 e. The third kappa shape index (κ3) is 2.62. The average molecular weight is 356 g/mol. The van der Waals surface area contributed by atoms with Crippen LogP contribution in [0.3, 0.4) is 0 Å². The Morgan fingerprint density at radius 1 is 1.32 bits per heavy atom. The Kier molecular flexibility index (Phi) is 3.95. The molecule has 0 aromatic heterocycles. The molecule has 3 aliphatic rings. The first-order chi connectivity index (χ1) is 11.7. The zero-order valence-electron chi connectivity index (χ0n) is 13.3. The summed E-state index contributed by atoms with van der Waals surface area (Å²) in [6, 6.07) is -1.64. The lowest BCUT2D eigenvalue weighted by Crippen LogP contribution is -2.76. The molecule has 3 aliphatic heterocycles. The Balaban J connectivity index is 1.79. The highest BCUT2D eigenvalue weighted by atomic mass is 16.5. The van der Waals surface area contributed by atoms with Crippen molar-refractivity contribution in [1.82, 2.24) is 10.2 Å². The molecule has 138 valence electrons. The standard InChI is InChI=1S/C13H20N6O6/c14-10-17-9-6(5-25-8(22)2-1-7(20)21)16-11(15)19-4-3-12(23,24)13(9,19)18-10/h6,9,23-24H,1-5H2,(H2,15,16)(H,20,21)(H3,14,17,18)/t6-,9-,13?/m0/s1.